The highest BCUT2D eigenvalue weighted by atomic mass is 32.2. The minimum absolute atomic E-state index is 0.0518. The van der Waals surface area contributed by atoms with Gasteiger partial charge < -0.3 is 0 Å². The lowest BCUT2D eigenvalue weighted by Crippen LogP contribution is -2.09. The van der Waals surface area contributed by atoms with E-state index in [-0.39, 0.29) is 18.6 Å². The number of hydrogen-bond donors (Lipinski definition) is 0. The summed E-state index contributed by atoms with van der Waals surface area (Å²) in [6.07, 6.45) is -4.01. The van der Waals surface area contributed by atoms with Crippen molar-refractivity contribution in [3.63, 3.8) is 0 Å². The fourth-order valence-corrected chi connectivity index (χ4v) is 1.69. The number of alkyl halides is 3. The van der Waals surface area contributed by atoms with Crippen LogP contribution in [0.2, 0.25) is 0 Å². The molecule has 0 rings (SSSR count). The van der Waals surface area contributed by atoms with Gasteiger partial charge in [-0.05, 0) is 18.6 Å². The highest BCUT2D eigenvalue weighted by Crippen LogP contribution is 2.22. The number of halogens is 3. The van der Waals surface area contributed by atoms with Crippen molar-refractivity contribution in [2.24, 2.45) is 0 Å². The van der Waals surface area contributed by atoms with E-state index < -0.39 is 12.6 Å². The Morgan fingerprint density at radius 3 is 2.50 bits per heavy atom. The second kappa shape index (κ2) is 7.15. The second-order valence-corrected chi connectivity index (χ2v) is 4.17. The molecule has 84 valence electrons. The lowest BCUT2D eigenvalue weighted by Gasteiger charge is -2.04. The van der Waals surface area contributed by atoms with Gasteiger partial charge in [0, 0.05) is 12.8 Å². The van der Waals surface area contributed by atoms with E-state index in [2.05, 4.69) is 0 Å². The SMILES string of the molecule is CCCSCC(=O)CCCC(F)(F)F. The molecule has 5 heteroatoms. The first-order valence-corrected chi connectivity index (χ1v) is 5.77. The summed E-state index contributed by atoms with van der Waals surface area (Å²) in [5, 5.41) is 0. The average Bonchev–Trinajstić information content (AvgIpc) is 2.02. The summed E-state index contributed by atoms with van der Waals surface area (Å²) in [4.78, 5) is 11.0. The fraction of sp³-hybridized carbons (Fsp3) is 0.889. The zero-order valence-corrected chi connectivity index (χ0v) is 9.01. The molecule has 0 aromatic carbocycles. The van der Waals surface area contributed by atoms with Crippen molar-refractivity contribution < 1.29 is 18.0 Å². The van der Waals surface area contributed by atoms with Crippen LogP contribution < -0.4 is 0 Å². The molecule has 0 fully saturated rings. The van der Waals surface area contributed by atoms with E-state index in [0.29, 0.717) is 5.75 Å². The first-order valence-electron chi connectivity index (χ1n) is 4.62. The van der Waals surface area contributed by atoms with Crippen molar-refractivity contribution in [2.45, 2.75) is 38.8 Å². The highest BCUT2D eigenvalue weighted by Gasteiger charge is 2.26. The maximum absolute atomic E-state index is 11.7. The number of thioether (sulfide) groups is 1. The minimum atomic E-state index is -4.13. The summed E-state index contributed by atoms with van der Waals surface area (Å²) in [7, 11) is 0. The number of rotatable bonds is 7. The molecular formula is C9H15F3OS. The van der Waals surface area contributed by atoms with Gasteiger partial charge in [0.05, 0.1) is 5.75 Å². The molecule has 0 radical (unpaired) electrons. The van der Waals surface area contributed by atoms with E-state index >= 15 is 0 Å². The van der Waals surface area contributed by atoms with Gasteiger partial charge in [-0.25, -0.2) is 0 Å². The van der Waals surface area contributed by atoms with Gasteiger partial charge in [-0.2, -0.15) is 24.9 Å². The maximum atomic E-state index is 11.7. The molecule has 0 unspecified atom stereocenters. The Morgan fingerprint density at radius 2 is 2.00 bits per heavy atom. The molecule has 0 N–H and O–H groups in total. The summed E-state index contributed by atoms with van der Waals surface area (Å²) in [5.74, 6) is 1.17. The monoisotopic (exact) mass is 228 g/mol. The van der Waals surface area contributed by atoms with Crippen LogP contribution in [-0.2, 0) is 4.79 Å². The number of ketones is 1. The number of carbonyl (C=O) groups is 1. The normalized spacial score (nSPS) is 11.7. The molecule has 1 nitrogen and oxygen atoms in total. The van der Waals surface area contributed by atoms with E-state index in [1.165, 1.54) is 11.8 Å². The van der Waals surface area contributed by atoms with Crippen LogP contribution in [-0.4, -0.2) is 23.5 Å². The third-order valence-corrected chi connectivity index (χ3v) is 2.75. The van der Waals surface area contributed by atoms with Crippen molar-refractivity contribution in [1.29, 1.82) is 0 Å². The Morgan fingerprint density at radius 1 is 1.36 bits per heavy atom. The zero-order chi connectivity index (χ0) is 11.0. The summed E-state index contributed by atoms with van der Waals surface area (Å²) in [6.45, 7) is 2.00. The Labute approximate surface area is 86.4 Å². The lowest BCUT2D eigenvalue weighted by atomic mass is 10.2. The molecule has 0 bridgehead atoms. The molecule has 0 atom stereocenters. The van der Waals surface area contributed by atoms with E-state index in [1.54, 1.807) is 0 Å². The van der Waals surface area contributed by atoms with Gasteiger partial charge in [-0.15, -0.1) is 0 Å². The van der Waals surface area contributed by atoms with Crippen LogP contribution in [0.15, 0.2) is 0 Å². The van der Waals surface area contributed by atoms with E-state index in [1.807, 2.05) is 6.92 Å². The van der Waals surface area contributed by atoms with Crippen LogP contribution in [0.3, 0.4) is 0 Å². The quantitative estimate of drug-likeness (QED) is 0.621. The third-order valence-electron chi connectivity index (χ3n) is 1.53. The first kappa shape index (κ1) is 13.8. The largest absolute Gasteiger partial charge is 0.389 e. The Balaban J connectivity index is 3.36. The molecule has 0 saturated carbocycles. The average molecular weight is 228 g/mol. The molecule has 0 aromatic heterocycles. The van der Waals surface area contributed by atoms with E-state index in [4.69, 9.17) is 0 Å². The number of Topliss-reactive ketones (excluding diaryl/α,β-unsaturated/α-hetero) is 1. The Kier molecular flexibility index (Phi) is 7.05. The molecule has 0 amide bonds. The van der Waals surface area contributed by atoms with Crippen molar-refractivity contribution in [3.8, 4) is 0 Å². The van der Waals surface area contributed by atoms with Crippen molar-refractivity contribution >= 4 is 17.5 Å². The molecular weight excluding hydrogens is 213 g/mol. The van der Waals surface area contributed by atoms with Crippen LogP contribution in [0.25, 0.3) is 0 Å². The van der Waals surface area contributed by atoms with Gasteiger partial charge in [0.1, 0.15) is 5.78 Å². The first-order chi connectivity index (χ1) is 6.45. The summed E-state index contributed by atoms with van der Waals surface area (Å²) < 4.78 is 35.1. The molecule has 0 saturated heterocycles. The van der Waals surface area contributed by atoms with Gasteiger partial charge in [0.2, 0.25) is 0 Å². The molecule has 0 aromatic rings. The molecule has 0 aliphatic carbocycles. The predicted molar refractivity (Wildman–Crippen MR) is 52.5 cm³/mol. The lowest BCUT2D eigenvalue weighted by molar-refractivity contribution is -0.136. The van der Waals surface area contributed by atoms with Crippen molar-refractivity contribution in [3.05, 3.63) is 0 Å². The fourth-order valence-electron chi connectivity index (χ4n) is 0.889. The van der Waals surface area contributed by atoms with Gasteiger partial charge in [0.15, 0.2) is 0 Å². The predicted octanol–water partition coefficient (Wildman–Crippen LogP) is 3.43. The van der Waals surface area contributed by atoms with Crippen LogP contribution in [0, 0.1) is 0 Å². The van der Waals surface area contributed by atoms with E-state index in [0.717, 1.165) is 12.2 Å². The van der Waals surface area contributed by atoms with Crippen LogP contribution >= 0.6 is 11.8 Å². The minimum Gasteiger partial charge on any atom is -0.299 e. The Hall–Kier alpha value is -0.190. The third kappa shape index (κ3) is 9.89. The number of hydrogen-bond acceptors (Lipinski definition) is 2. The number of carbonyl (C=O) groups excluding carboxylic acids is 1. The molecule has 0 spiro atoms. The molecule has 14 heavy (non-hydrogen) atoms. The zero-order valence-electron chi connectivity index (χ0n) is 8.19. The van der Waals surface area contributed by atoms with Crippen LogP contribution in [0.1, 0.15) is 32.6 Å². The van der Waals surface area contributed by atoms with Gasteiger partial charge >= 0.3 is 6.18 Å². The van der Waals surface area contributed by atoms with Gasteiger partial charge in [0.25, 0.3) is 0 Å². The summed E-state index contributed by atoms with van der Waals surface area (Å²) in [5.41, 5.74) is 0. The van der Waals surface area contributed by atoms with Crippen LogP contribution in [0.4, 0.5) is 13.2 Å². The molecule has 0 aliphatic heterocycles. The molecule has 0 aliphatic rings. The second-order valence-electron chi connectivity index (χ2n) is 3.06. The summed E-state index contributed by atoms with van der Waals surface area (Å²) >= 11 is 1.49. The van der Waals surface area contributed by atoms with Gasteiger partial charge in [-0.3, -0.25) is 4.79 Å². The van der Waals surface area contributed by atoms with Crippen molar-refractivity contribution in [1.82, 2.24) is 0 Å². The van der Waals surface area contributed by atoms with Gasteiger partial charge in [-0.1, -0.05) is 6.92 Å². The van der Waals surface area contributed by atoms with E-state index in [9.17, 15) is 18.0 Å². The standard InChI is InChI=1S/C9H15F3OS/c1-2-6-14-7-8(13)4-3-5-9(10,11)12/h2-7H2,1H3. The topological polar surface area (TPSA) is 17.1 Å². The van der Waals surface area contributed by atoms with Crippen LogP contribution in [0.5, 0.6) is 0 Å². The maximum Gasteiger partial charge on any atom is 0.389 e. The Bertz CT molecular complexity index is 168. The highest BCUT2D eigenvalue weighted by molar-refractivity contribution is 7.99. The smallest absolute Gasteiger partial charge is 0.299 e. The summed E-state index contributed by atoms with van der Waals surface area (Å²) in [6, 6.07) is 0. The molecule has 0 heterocycles. The van der Waals surface area contributed by atoms with Crippen molar-refractivity contribution in [2.75, 3.05) is 11.5 Å².